The van der Waals surface area contributed by atoms with Gasteiger partial charge in [-0.3, -0.25) is 10.1 Å². The van der Waals surface area contributed by atoms with Gasteiger partial charge in [0.1, 0.15) is 10.8 Å². The zero-order valence-electron chi connectivity index (χ0n) is 10.7. The summed E-state index contributed by atoms with van der Waals surface area (Å²) in [7, 11) is 0. The van der Waals surface area contributed by atoms with Gasteiger partial charge in [0.05, 0.1) is 11.5 Å². The Hall–Kier alpha value is -1.86. The molecule has 0 saturated heterocycles. The smallest absolute Gasteiger partial charge is 0.332 e. The molecule has 0 heterocycles. The van der Waals surface area contributed by atoms with E-state index in [1.165, 1.54) is 18.2 Å². The van der Waals surface area contributed by atoms with Gasteiger partial charge in [-0.25, -0.2) is 4.79 Å². The fourth-order valence-corrected chi connectivity index (χ4v) is 1.73. The standard InChI is InChI=1S/C12H14ClNO6/c1-2-19-11(12(15)16)5-6-20-8-3-4-10(14(17)18)9(13)7-8/h3-4,7,11H,2,5-6H2,1H3,(H,15,16). The Kier molecular flexibility index (Phi) is 6.20. The van der Waals surface area contributed by atoms with Gasteiger partial charge in [0.25, 0.3) is 5.69 Å². The molecule has 0 aliphatic heterocycles. The van der Waals surface area contributed by atoms with Crippen LogP contribution in [0.1, 0.15) is 13.3 Å². The van der Waals surface area contributed by atoms with Crippen molar-refractivity contribution in [3.05, 3.63) is 33.3 Å². The lowest BCUT2D eigenvalue weighted by molar-refractivity contribution is -0.384. The largest absolute Gasteiger partial charge is 0.493 e. The molecular formula is C12H14ClNO6. The van der Waals surface area contributed by atoms with Crippen LogP contribution in [0.3, 0.4) is 0 Å². The lowest BCUT2D eigenvalue weighted by Crippen LogP contribution is -2.26. The van der Waals surface area contributed by atoms with E-state index in [-0.39, 0.29) is 23.7 Å². The number of aliphatic carboxylic acids is 1. The maximum absolute atomic E-state index is 10.8. The zero-order valence-corrected chi connectivity index (χ0v) is 11.5. The van der Waals surface area contributed by atoms with Crippen LogP contribution in [-0.2, 0) is 9.53 Å². The van der Waals surface area contributed by atoms with E-state index in [1.807, 2.05) is 0 Å². The summed E-state index contributed by atoms with van der Waals surface area (Å²) in [5.41, 5.74) is -0.211. The topological polar surface area (TPSA) is 98.9 Å². The molecule has 1 rings (SSSR count). The number of carboxylic acid groups (broad SMARTS) is 1. The normalized spacial score (nSPS) is 11.9. The number of carbonyl (C=O) groups is 1. The summed E-state index contributed by atoms with van der Waals surface area (Å²) in [4.78, 5) is 20.8. The van der Waals surface area contributed by atoms with Crippen LogP contribution in [0.15, 0.2) is 18.2 Å². The second-order valence-corrected chi connectivity index (χ2v) is 4.20. The van der Waals surface area contributed by atoms with Crippen molar-refractivity contribution in [1.29, 1.82) is 0 Å². The third-order valence-electron chi connectivity index (χ3n) is 2.41. The molecule has 0 aliphatic carbocycles. The average molecular weight is 304 g/mol. The molecule has 0 saturated carbocycles. The lowest BCUT2D eigenvalue weighted by Gasteiger charge is -2.13. The zero-order chi connectivity index (χ0) is 15.1. The van der Waals surface area contributed by atoms with Crippen LogP contribution < -0.4 is 4.74 Å². The van der Waals surface area contributed by atoms with Crippen LogP contribution in [-0.4, -0.2) is 35.3 Å². The molecule has 7 nitrogen and oxygen atoms in total. The Morgan fingerprint density at radius 1 is 1.55 bits per heavy atom. The number of nitro benzene ring substituents is 1. The highest BCUT2D eigenvalue weighted by Crippen LogP contribution is 2.28. The van der Waals surface area contributed by atoms with E-state index in [0.29, 0.717) is 12.4 Å². The Bertz CT molecular complexity index is 493. The van der Waals surface area contributed by atoms with Crippen molar-refractivity contribution in [2.45, 2.75) is 19.4 Å². The van der Waals surface area contributed by atoms with Crippen molar-refractivity contribution in [2.24, 2.45) is 0 Å². The molecule has 110 valence electrons. The van der Waals surface area contributed by atoms with Gasteiger partial charge < -0.3 is 14.6 Å². The highest BCUT2D eigenvalue weighted by Gasteiger charge is 2.17. The molecule has 0 fully saturated rings. The Morgan fingerprint density at radius 3 is 2.75 bits per heavy atom. The Labute approximate surface area is 120 Å². The molecule has 0 spiro atoms. The number of ether oxygens (including phenoxy) is 2. The van der Waals surface area contributed by atoms with Crippen LogP contribution >= 0.6 is 11.6 Å². The summed E-state index contributed by atoms with van der Waals surface area (Å²) in [6.07, 6.45) is -0.772. The van der Waals surface area contributed by atoms with Gasteiger partial charge in [0.15, 0.2) is 6.10 Å². The highest BCUT2D eigenvalue weighted by atomic mass is 35.5. The molecule has 1 aromatic carbocycles. The van der Waals surface area contributed by atoms with E-state index in [4.69, 9.17) is 26.2 Å². The number of nitro groups is 1. The first kappa shape index (κ1) is 16.2. The molecular weight excluding hydrogens is 290 g/mol. The number of nitrogens with zero attached hydrogens (tertiary/aromatic N) is 1. The molecule has 0 aliphatic rings. The van der Waals surface area contributed by atoms with Crippen molar-refractivity contribution in [1.82, 2.24) is 0 Å². The summed E-state index contributed by atoms with van der Waals surface area (Å²) >= 11 is 5.73. The number of benzene rings is 1. The van der Waals surface area contributed by atoms with Crippen LogP contribution in [0.2, 0.25) is 5.02 Å². The SMILES string of the molecule is CCOC(CCOc1ccc([N+](=O)[O-])c(Cl)c1)C(=O)O. The second-order valence-electron chi connectivity index (χ2n) is 3.79. The third kappa shape index (κ3) is 4.67. The minimum atomic E-state index is -1.06. The quantitative estimate of drug-likeness (QED) is 0.585. The van der Waals surface area contributed by atoms with Crippen molar-refractivity contribution >= 4 is 23.3 Å². The number of hydrogen-bond acceptors (Lipinski definition) is 5. The summed E-state index contributed by atoms with van der Waals surface area (Å²) in [5, 5.41) is 19.4. The van der Waals surface area contributed by atoms with Crippen molar-refractivity contribution < 1.29 is 24.3 Å². The molecule has 0 bridgehead atoms. The Morgan fingerprint density at radius 2 is 2.25 bits per heavy atom. The lowest BCUT2D eigenvalue weighted by atomic mass is 10.2. The third-order valence-corrected chi connectivity index (χ3v) is 2.71. The molecule has 20 heavy (non-hydrogen) atoms. The first-order chi connectivity index (χ1) is 9.45. The maximum Gasteiger partial charge on any atom is 0.332 e. The predicted octanol–water partition coefficient (Wildman–Crippen LogP) is 2.51. The molecule has 0 aromatic heterocycles. The van der Waals surface area contributed by atoms with Crippen molar-refractivity contribution in [2.75, 3.05) is 13.2 Å². The van der Waals surface area contributed by atoms with E-state index >= 15 is 0 Å². The molecule has 1 aromatic rings. The fourth-order valence-electron chi connectivity index (χ4n) is 1.49. The minimum absolute atomic E-state index is 0.0351. The molecule has 0 radical (unpaired) electrons. The summed E-state index contributed by atoms with van der Waals surface area (Å²) < 4.78 is 10.3. The number of halogens is 1. The fraction of sp³-hybridized carbons (Fsp3) is 0.417. The van der Waals surface area contributed by atoms with Crippen LogP contribution in [0.4, 0.5) is 5.69 Å². The van der Waals surface area contributed by atoms with E-state index in [1.54, 1.807) is 6.92 Å². The molecule has 1 atom stereocenters. The second kappa shape index (κ2) is 7.66. The molecule has 8 heteroatoms. The molecule has 1 N–H and O–H groups in total. The van der Waals surface area contributed by atoms with Gasteiger partial charge in [0, 0.05) is 25.2 Å². The monoisotopic (exact) mass is 303 g/mol. The maximum atomic E-state index is 10.8. The average Bonchev–Trinajstić information content (AvgIpc) is 2.37. The van der Waals surface area contributed by atoms with E-state index < -0.39 is 17.0 Å². The number of rotatable bonds is 8. The van der Waals surface area contributed by atoms with E-state index in [9.17, 15) is 14.9 Å². The van der Waals surface area contributed by atoms with Crippen molar-refractivity contribution in [3.63, 3.8) is 0 Å². The van der Waals surface area contributed by atoms with E-state index in [0.717, 1.165) is 0 Å². The Balaban J connectivity index is 2.55. The number of hydrogen-bond donors (Lipinski definition) is 1. The van der Waals surface area contributed by atoms with Gasteiger partial charge in [-0.05, 0) is 13.0 Å². The van der Waals surface area contributed by atoms with Crippen LogP contribution in [0, 0.1) is 10.1 Å². The highest BCUT2D eigenvalue weighted by molar-refractivity contribution is 6.32. The summed E-state index contributed by atoms with van der Waals surface area (Å²) in [5.74, 6) is -0.724. The first-order valence-electron chi connectivity index (χ1n) is 5.86. The summed E-state index contributed by atoms with van der Waals surface area (Å²) in [6, 6.07) is 3.95. The molecule has 0 amide bonds. The van der Waals surface area contributed by atoms with Gasteiger partial charge in [-0.2, -0.15) is 0 Å². The van der Waals surface area contributed by atoms with E-state index in [2.05, 4.69) is 0 Å². The van der Waals surface area contributed by atoms with Crippen molar-refractivity contribution in [3.8, 4) is 5.75 Å². The van der Waals surface area contributed by atoms with Crippen LogP contribution in [0.25, 0.3) is 0 Å². The molecule has 1 unspecified atom stereocenters. The first-order valence-corrected chi connectivity index (χ1v) is 6.24. The predicted molar refractivity (Wildman–Crippen MR) is 71.3 cm³/mol. The van der Waals surface area contributed by atoms with Gasteiger partial charge in [-0.1, -0.05) is 11.6 Å². The summed E-state index contributed by atoms with van der Waals surface area (Å²) in [6.45, 7) is 2.10. The van der Waals surface area contributed by atoms with Gasteiger partial charge in [0.2, 0.25) is 0 Å². The van der Waals surface area contributed by atoms with Gasteiger partial charge >= 0.3 is 5.97 Å². The van der Waals surface area contributed by atoms with Gasteiger partial charge in [-0.15, -0.1) is 0 Å². The number of carboxylic acids is 1. The van der Waals surface area contributed by atoms with Crippen LogP contribution in [0.5, 0.6) is 5.75 Å². The minimum Gasteiger partial charge on any atom is -0.493 e.